The molecule has 0 bridgehead atoms. The number of nitrogens with one attached hydrogen (secondary N) is 1. The highest BCUT2D eigenvalue weighted by Crippen LogP contribution is 2.31. The van der Waals surface area contributed by atoms with Crippen molar-refractivity contribution in [2.45, 2.75) is 6.10 Å². The molecule has 2 aromatic rings. The topological polar surface area (TPSA) is 110 Å². The third kappa shape index (κ3) is 2.98. The number of carbonyl (C=O) groups excluding carboxylic acids is 1. The van der Waals surface area contributed by atoms with Crippen LogP contribution in [0.1, 0.15) is 9.67 Å². The molecule has 7 nitrogen and oxygen atoms in total. The molecule has 1 amide bonds. The van der Waals surface area contributed by atoms with Gasteiger partial charge in [0.1, 0.15) is 9.71 Å². The van der Waals surface area contributed by atoms with E-state index in [0.717, 1.165) is 0 Å². The van der Waals surface area contributed by atoms with Gasteiger partial charge in [0, 0.05) is 19.0 Å². The number of anilines is 1. The molecule has 2 aromatic heterocycles. The van der Waals surface area contributed by atoms with Gasteiger partial charge in [0.05, 0.1) is 24.6 Å². The van der Waals surface area contributed by atoms with E-state index in [0.29, 0.717) is 20.8 Å². The number of carbonyl (C=O) groups is 1. The maximum atomic E-state index is 12.0. The molecule has 0 aliphatic rings. The molecule has 0 saturated carbocycles. The smallest absolute Gasteiger partial charge is 0.263 e. The Balaban J connectivity index is 2.11. The molecule has 0 aliphatic heterocycles. The predicted octanol–water partition coefficient (Wildman–Crippen LogP) is 0.0106. The second-order valence-corrected chi connectivity index (χ2v) is 4.91. The van der Waals surface area contributed by atoms with Crippen LogP contribution in [-0.4, -0.2) is 47.6 Å². The van der Waals surface area contributed by atoms with Crippen molar-refractivity contribution in [1.29, 1.82) is 0 Å². The number of hydrogen-bond acceptors (Lipinski definition) is 7. The lowest BCUT2D eigenvalue weighted by Crippen LogP contribution is -2.34. The fraction of sp³-hybridized carbons (Fsp3) is 0.364. The third-order valence-electron chi connectivity index (χ3n) is 2.48. The average Bonchev–Trinajstić information content (AvgIpc) is 2.74. The molecule has 0 aromatic carbocycles. The van der Waals surface area contributed by atoms with Crippen LogP contribution < -0.4 is 11.1 Å². The Morgan fingerprint density at radius 2 is 2.47 bits per heavy atom. The van der Waals surface area contributed by atoms with E-state index in [9.17, 15) is 9.90 Å². The molecule has 1 atom stereocenters. The second kappa shape index (κ2) is 5.91. The number of hydrogen-bond donors (Lipinski definition) is 3. The average molecular weight is 282 g/mol. The van der Waals surface area contributed by atoms with E-state index in [4.69, 9.17) is 10.5 Å². The van der Waals surface area contributed by atoms with Crippen molar-refractivity contribution in [3.8, 4) is 0 Å². The van der Waals surface area contributed by atoms with Crippen molar-refractivity contribution in [2.24, 2.45) is 0 Å². The van der Waals surface area contributed by atoms with Crippen molar-refractivity contribution in [3.05, 3.63) is 17.1 Å². The Hall–Kier alpha value is -1.77. The highest BCUT2D eigenvalue weighted by atomic mass is 32.1. The summed E-state index contributed by atoms with van der Waals surface area (Å²) in [5.74, 6) is -0.337. The first-order chi connectivity index (χ1) is 9.13. The lowest BCUT2D eigenvalue weighted by molar-refractivity contribution is 0.0611. The number of rotatable bonds is 5. The van der Waals surface area contributed by atoms with E-state index in [2.05, 4.69) is 15.5 Å². The van der Waals surface area contributed by atoms with Gasteiger partial charge >= 0.3 is 0 Å². The fourth-order valence-corrected chi connectivity index (χ4v) is 2.54. The van der Waals surface area contributed by atoms with Crippen LogP contribution in [0.3, 0.4) is 0 Å². The molecule has 0 saturated heterocycles. The number of thiophene rings is 1. The molecule has 2 heterocycles. The van der Waals surface area contributed by atoms with Gasteiger partial charge in [0.2, 0.25) is 0 Å². The molecule has 0 fully saturated rings. The lowest BCUT2D eigenvalue weighted by atomic mass is 10.2. The normalized spacial score (nSPS) is 12.5. The van der Waals surface area contributed by atoms with E-state index in [1.807, 2.05) is 0 Å². The van der Waals surface area contributed by atoms with Crippen LogP contribution in [0.15, 0.2) is 12.3 Å². The molecule has 19 heavy (non-hydrogen) atoms. The zero-order chi connectivity index (χ0) is 13.8. The molecule has 4 N–H and O–H groups in total. The number of fused-ring (bicyclic) bond motifs is 1. The number of nitrogens with two attached hydrogens (primary N) is 1. The Morgan fingerprint density at radius 3 is 3.16 bits per heavy atom. The molecular weight excluding hydrogens is 268 g/mol. The van der Waals surface area contributed by atoms with Crippen LogP contribution in [0.2, 0.25) is 0 Å². The number of nitrogens with zero attached hydrogens (tertiary/aromatic N) is 2. The summed E-state index contributed by atoms with van der Waals surface area (Å²) < 4.78 is 4.77. The quantitative estimate of drug-likeness (QED) is 0.712. The van der Waals surface area contributed by atoms with E-state index < -0.39 is 6.10 Å². The van der Waals surface area contributed by atoms with Gasteiger partial charge in [-0.1, -0.05) is 0 Å². The van der Waals surface area contributed by atoms with Crippen molar-refractivity contribution in [2.75, 3.05) is 26.0 Å². The maximum Gasteiger partial charge on any atom is 0.263 e. The number of nitrogen functional groups attached to an aromatic ring is 1. The largest absolute Gasteiger partial charge is 0.397 e. The minimum atomic E-state index is -0.746. The zero-order valence-corrected chi connectivity index (χ0v) is 11.1. The first-order valence-electron chi connectivity index (χ1n) is 5.58. The van der Waals surface area contributed by atoms with Gasteiger partial charge in [-0.25, -0.2) is 0 Å². The van der Waals surface area contributed by atoms with Crippen LogP contribution in [-0.2, 0) is 4.74 Å². The third-order valence-corrected chi connectivity index (χ3v) is 3.59. The highest BCUT2D eigenvalue weighted by molar-refractivity contribution is 7.21. The molecule has 1 unspecified atom stereocenters. The van der Waals surface area contributed by atoms with E-state index >= 15 is 0 Å². The summed E-state index contributed by atoms with van der Waals surface area (Å²) in [6.07, 6.45) is 0.777. The summed E-state index contributed by atoms with van der Waals surface area (Å²) in [4.78, 5) is 13.0. The minimum Gasteiger partial charge on any atom is -0.397 e. The SMILES string of the molecule is COCC(O)CNC(=O)c1sc2nnccc2c1N. The zero-order valence-electron chi connectivity index (χ0n) is 10.3. The summed E-state index contributed by atoms with van der Waals surface area (Å²) >= 11 is 1.17. The molecule has 2 rings (SSSR count). The van der Waals surface area contributed by atoms with Gasteiger partial charge in [-0.2, -0.15) is 5.10 Å². The highest BCUT2D eigenvalue weighted by Gasteiger charge is 2.17. The monoisotopic (exact) mass is 282 g/mol. The van der Waals surface area contributed by atoms with Crippen LogP contribution >= 0.6 is 11.3 Å². The molecular formula is C11H14N4O3S. The van der Waals surface area contributed by atoms with Gasteiger partial charge in [0.25, 0.3) is 5.91 Å². The van der Waals surface area contributed by atoms with Gasteiger partial charge in [0.15, 0.2) is 0 Å². The summed E-state index contributed by atoms with van der Waals surface area (Å²) in [7, 11) is 1.48. The molecule has 0 radical (unpaired) electrons. The van der Waals surface area contributed by atoms with Gasteiger partial charge < -0.3 is 20.9 Å². The van der Waals surface area contributed by atoms with Gasteiger partial charge in [-0.15, -0.1) is 16.4 Å². The Labute approximate surface area is 113 Å². The summed E-state index contributed by atoms with van der Waals surface area (Å²) in [6.45, 7) is 0.264. The van der Waals surface area contributed by atoms with E-state index in [1.165, 1.54) is 24.6 Å². The first kappa shape index (κ1) is 13.7. The van der Waals surface area contributed by atoms with E-state index in [-0.39, 0.29) is 19.1 Å². The number of aliphatic hydroxyl groups is 1. The summed E-state index contributed by atoms with van der Waals surface area (Å²) in [5, 5.41) is 20.4. The van der Waals surface area contributed by atoms with Crippen LogP contribution in [0.4, 0.5) is 5.69 Å². The van der Waals surface area contributed by atoms with Crippen molar-refractivity contribution in [1.82, 2.24) is 15.5 Å². The summed E-state index contributed by atoms with van der Waals surface area (Å²) in [5.41, 5.74) is 6.28. The van der Waals surface area contributed by atoms with Crippen LogP contribution in [0.25, 0.3) is 10.2 Å². The Kier molecular flexibility index (Phi) is 4.25. The fourth-order valence-electron chi connectivity index (χ4n) is 1.58. The van der Waals surface area contributed by atoms with Crippen LogP contribution in [0.5, 0.6) is 0 Å². The Bertz CT molecular complexity index is 586. The molecule has 8 heteroatoms. The number of methoxy groups -OCH3 is 1. The lowest BCUT2D eigenvalue weighted by Gasteiger charge is -2.10. The second-order valence-electron chi connectivity index (χ2n) is 3.91. The van der Waals surface area contributed by atoms with Gasteiger partial charge in [-0.05, 0) is 6.07 Å². The van der Waals surface area contributed by atoms with Crippen molar-refractivity contribution >= 4 is 33.1 Å². The number of aromatic nitrogens is 2. The molecule has 0 spiro atoms. The van der Waals surface area contributed by atoms with Crippen molar-refractivity contribution < 1.29 is 14.6 Å². The van der Waals surface area contributed by atoms with Gasteiger partial charge in [-0.3, -0.25) is 4.79 Å². The van der Waals surface area contributed by atoms with E-state index in [1.54, 1.807) is 6.07 Å². The molecule has 102 valence electrons. The number of aliphatic hydroxyl groups excluding tert-OH is 1. The maximum absolute atomic E-state index is 12.0. The summed E-state index contributed by atoms with van der Waals surface area (Å²) in [6, 6.07) is 1.71. The predicted molar refractivity (Wildman–Crippen MR) is 72.0 cm³/mol. The molecule has 0 aliphatic carbocycles. The minimum absolute atomic E-state index is 0.103. The van der Waals surface area contributed by atoms with Crippen molar-refractivity contribution in [3.63, 3.8) is 0 Å². The van der Waals surface area contributed by atoms with Crippen LogP contribution in [0, 0.1) is 0 Å². The number of amides is 1. The first-order valence-corrected chi connectivity index (χ1v) is 6.40. The standard InChI is InChI=1S/C11H14N4O3S/c1-18-5-6(16)4-13-10(17)9-8(12)7-2-3-14-15-11(7)19-9/h2-3,6,16H,4-5,12H2,1H3,(H,13,17). The Morgan fingerprint density at radius 1 is 1.68 bits per heavy atom. The number of ether oxygens (including phenoxy) is 1.